The van der Waals surface area contributed by atoms with E-state index in [1.807, 2.05) is 20.8 Å². The average Bonchev–Trinajstić information content (AvgIpc) is 2.89. The minimum atomic E-state index is 0.0694. The summed E-state index contributed by atoms with van der Waals surface area (Å²) in [6, 6.07) is 0. The molecule has 0 bridgehead atoms. The molecule has 1 atom stereocenters. The molecule has 0 radical (unpaired) electrons. The van der Waals surface area contributed by atoms with Crippen molar-refractivity contribution in [2.24, 2.45) is 23.2 Å². The normalized spacial score (nSPS) is 17.7. The standard InChI is InChI=1S/C9H18.C6H10/c1-4-9(7(2)3)8-5-6-8;1-5-6(2,3)4/h7-9H,4-6H2,1-3H3;1H,2-4H3. The highest BCUT2D eigenvalue weighted by Crippen LogP contribution is 2.41. The van der Waals surface area contributed by atoms with E-state index in [4.69, 9.17) is 6.42 Å². The molecular formula is C15H28. The Bertz CT molecular complexity index is 193. The van der Waals surface area contributed by atoms with Crippen molar-refractivity contribution in [3.05, 3.63) is 0 Å². The van der Waals surface area contributed by atoms with Gasteiger partial charge in [0.05, 0.1) is 0 Å². The highest BCUT2D eigenvalue weighted by atomic mass is 14.4. The predicted molar refractivity (Wildman–Crippen MR) is 69.6 cm³/mol. The van der Waals surface area contributed by atoms with E-state index in [1.54, 1.807) is 0 Å². The van der Waals surface area contributed by atoms with Gasteiger partial charge in [-0.25, -0.2) is 0 Å². The molecule has 1 unspecified atom stereocenters. The van der Waals surface area contributed by atoms with Gasteiger partial charge in [0.2, 0.25) is 0 Å². The van der Waals surface area contributed by atoms with Crippen LogP contribution in [-0.2, 0) is 0 Å². The van der Waals surface area contributed by atoms with Crippen molar-refractivity contribution in [2.45, 2.75) is 60.8 Å². The topological polar surface area (TPSA) is 0 Å². The third kappa shape index (κ3) is 7.48. The fourth-order valence-electron chi connectivity index (χ4n) is 1.87. The molecule has 1 fully saturated rings. The van der Waals surface area contributed by atoms with Gasteiger partial charge >= 0.3 is 0 Å². The van der Waals surface area contributed by atoms with Crippen LogP contribution in [0.2, 0.25) is 0 Å². The Balaban J connectivity index is 0.000000288. The Morgan fingerprint density at radius 3 is 1.73 bits per heavy atom. The summed E-state index contributed by atoms with van der Waals surface area (Å²) in [6.45, 7) is 13.1. The van der Waals surface area contributed by atoms with Crippen LogP contribution in [0.25, 0.3) is 0 Å². The first kappa shape index (κ1) is 14.6. The van der Waals surface area contributed by atoms with Crippen LogP contribution in [-0.4, -0.2) is 0 Å². The van der Waals surface area contributed by atoms with Crippen LogP contribution < -0.4 is 0 Å². The minimum Gasteiger partial charge on any atom is -0.120 e. The van der Waals surface area contributed by atoms with Crippen molar-refractivity contribution in [1.29, 1.82) is 0 Å². The summed E-state index contributed by atoms with van der Waals surface area (Å²) >= 11 is 0. The molecular weight excluding hydrogens is 180 g/mol. The van der Waals surface area contributed by atoms with E-state index in [0.717, 1.165) is 17.8 Å². The van der Waals surface area contributed by atoms with Gasteiger partial charge in [0.1, 0.15) is 0 Å². The van der Waals surface area contributed by atoms with Crippen molar-refractivity contribution in [3.63, 3.8) is 0 Å². The van der Waals surface area contributed by atoms with Crippen molar-refractivity contribution in [1.82, 2.24) is 0 Å². The van der Waals surface area contributed by atoms with Crippen LogP contribution >= 0.6 is 0 Å². The lowest BCUT2D eigenvalue weighted by Gasteiger charge is -2.17. The molecule has 0 saturated heterocycles. The molecule has 0 heterocycles. The Labute approximate surface area is 96.8 Å². The molecule has 0 spiro atoms. The number of hydrogen-bond acceptors (Lipinski definition) is 0. The molecule has 1 rings (SSSR count). The summed E-state index contributed by atoms with van der Waals surface area (Å²) in [7, 11) is 0. The van der Waals surface area contributed by atoms with E-state index in [-0.39, 0.29) is 5.41 Å². The van der Waals surface area contributed by atoms with Gasteiger partial charge in [-0.15, -0.1) is 12.3 Å². The van der Waals surface area contributed by atoms with E-state index < -0.39 is 0 Å². The average molecular weight is 208 g/mol. The Kier molecular flexibility index (Phi) is 6.03. The second-order valence-electron chi connectivity index (χ2n) is 6.05. The van der Waals surface area contributed by atoms with Gasteiger partial charge in [-0.05, 0) is 51.4 Å². The first-order chi connectivity index (χ1) is 6.81. The molecule has 0 aromatic heterocycles. The maximum atomic E-state index is 5.06. The monoisotopic (exact) mass is 208 g/mol. The maximum absolute atomic E-state index is 5.06. The fraction of sp³-hybridized carbons (Fsp3) is 0.867. The molecule has 1 aliphatic carbocycles. The Morgan fingerprint density at radius 2 is 1.67 bits per heavy atom. The molecule has 0 aliphatic heterocycles. The molecule has 0 N–H and O–H groups in total. The summed E-state index contributed by atoms with van der Waals surface area (Å²) < 4.78 is 0. The Hall–Kier alpha value is -0.440. The summed E-state index contributed by atoms with van der Waals surface area (Å²) in [5.74, 6) is 5.66. The van der Waals surface area contributed by atoms with Crippen molar-refractivity contribution < 1.29 is 0 Å². The van der Waals surface area contributed by atoms with Crippen molar-refractivity contribution >= 4 is 0 Å². The molecule has 0 nitrogen and oxygen atoms in total. The van der Waals surface area contributed by atoms with Gasteiger partial charge in [-0.1, -0.05) is 27.2 Å². The van der Waals surface area contributed by atoms with E-state index in [0.29, 0.717) is 0 Å². The first-order valence-corrected chi connectivity index (χ1v) is 6.29. The van der Waals surface area contributed by atoms with Crippen molar-refractivity contribution in [3.8, 4) is 12.3 Å². The van der Waals surface area contributed by atoms with Crippen LogP contribution in [0.15, 0.2) is 0 Å². The van der Waals surface area contributed by atoms with Crippen LogP contribution in [0.1, 0.15) is 60.8 Å². The Morgan fingerprint density at radius 1 is 1.27 bits per heavy atom. The summed E-state index contributed by atoms with van der Waals surface area (Å²) in [6.07, 6.45) is 9.47. The zero-order chi connectivity index (χ0) is 12.1. The van der Waals surface area contributed by atoms with Crippen LogP contribution in [0.5, 0.6) is 0 Å². The SMILES string of the molecule is C#CC(C)(C)C.CCC(C(C)C)C1CC1. The third-order valence-corrected chi connectivity index (χ3v) is 2.99. The molecule has 15 heavy (non-hydrogen) atoms. The second-order valence-corrected chi connectivity index (χ2v) is 6.05. The largest absolute Gasteiger partial charge is 0.120 e. The van der Waals surface area contributed by atoms with Gasteiger partial charge in [-0.2, -0.15) is 0 Å². The van der Waals surface area contributed by atoms with Gasteiger partial charge in [-0.3, -0.25) is 0 Å². The molecule has 1 aliphatic rings. The molecule has 0 amide bonds. The molecule has 0 heteroatoms. The number of rotatable bonds is 3. The second kappa shape index (κ2) is 6.21. The summed E-state index contributed by atoms with van der Waals surface area (Å²) in [5.41, 5.74) is 0.0694. The quantitative estimate of drug-likeness (QED) is 0.587. The lowest BCUT2D eigenvalue weighted by atomic mass is 9.89. The lowest BCUT2D eigenvalue weighted by molar-refractivity contribution is 0.329. The van der Waals surface area contributed by atoms with Crippen molar-refractivity contribution in [2.75, 3.05) is 0 Å². The third-order valence-electron chi connectivity index (χ3n) is 2.99. The van der Waals surface area contributed by atoms with E-state index in [1.165, 1.54) is 19.3 Å². The predicted octanol–water partition coefficient (Wildman–Crippen LogP) is 4.74. The first-order valence-electron chi connectivity index (χ1n) is 6.29. The van der Waals surface area contributed by atoms with Gasteiger partial charge in [0, 0.05) is 5.41 Å². The lowest BCUT2D eigenvalue weighted by Crippen LogP contribution is -2.08. The zero-order valence-electron chi connectivity index (χ0n) is 11.4. The number of terminal acetylenes is 1. The number of hydrogen-bond donors (Lipinski definition) is 0. The van der Waals surface area contributed by atoms with E-state index >= 15 is 0 Å². The molecule has 0 aromatic carbocycles. The van der Waals surface area contributed by atoms with E-state index in [9.17, 15) is 0 Å². The minimum absolute atomic E-state index is 0.0694. The summed E-state index contributed by atoms with van der Waals surface area (Å²) in [5, 5.41) is 0. The van der Waals surface area contributed by atoms with Crippen LogP contribution in [0, 0.1) is 35.5 Å². The zero-order valence-corrected chi connectivity index (χ0v) is 11.4. The van der Waals surface area contributed by atoms with Crippen LogP contribution in [0.3, 0.4) is 0 Å². The van der Waals surface area contributed by atoms with E-state index in [2.05, 4.69) is 26.7 Å². The highest BCUT2D eigenvalue weighted by Gasteiger charge is 2.31. The van der Waals surface area contributed by atoms with Gasteiger partial charge in [0.15, 0.2) is 0 Å². The fourth-order valence-corrected chi connectivity index (χ4v) is 1.87. The molecule has 0 aromatic rings. The smallest absolute Gasteiger partial charge is 0.0227 e. The van der Waals surface area contributed by atoms with Gasteiger partial charge in [0.25, 0.3) is 0 Å². The summed E-state index contributed by atoms with van der Waals surface area (Å²) in [4.78, 5) is 0. The molecule has 88 valence electrons. The van der Waals surface area contributed by atoms with Gasteiger partial charge < -0.3 is 0 Å². The maximum Gasteiger partial charge on any atom is 0.0227 e. The highest BCUT2D eigenvalue weighted by molar-refractivity contribution is 4.96. The molecule has 1 saturated carbocycles. The van der Waals surface area contributed by atoms with Crippen LogP contribution in [0.4, 0.5) is 0 Å².